The van der Waals surface area contributed by atoms with Crippen LogP contribution in [0.25, 0.3) is 11.0 Å². The van der Waals surface area contributed by atoms with Gasteiger partial charge in [0.1, 0.15) is 11.3 Å². The molecule has 0 saturated carbocycles. The molecule has 0 saturated heterocycles. The first kappa shape index (κ1) is 14.1. The van der Waals surface area contributed by atoms with Crippen molar-refractivity contribution in [2.24, 2.45) is 0 Å². The Morgan fingerprint density at radius 2 is 1.95 bits per heavy atom. The van der Waals surface area contributed by atoms with Gasteiger partial charge in [0.2, 0.25) is 5.76 Å². The number of benzene rings is 1. The summed E-state index contributed by atoms with van der Waals surface area (Å²) in [5, 5.41) is 19.4. The first-order valence-corrected chi connectivity index (χ1v) is 6.55. The summed E-state index contributed by atoms with van der Waals surface area (Å²) < 4.78 is 5.43. The Morgan fingerprint density at radius 1 is 1.25 bits per heavy atom. The zero-order chi connectivity index (χ0) is 14.9. The summed E-state index contributed by atoms with van der Waals surface area (Å²) in [7, 11) is 0. The van der Waals surface area contributed by atoms with Gasteiger partial charge in [0, 0.05) is 5.56 Å². The molecule has 0 amide bonds. The maximum absolute atomic E-state index is 12.3. The van der Waals surface area contributed by atoms with Crippen molar-refractivity contribution in [1.82, 2.24) is 0 Å². The molecule has 2 N–H and O–H groups in total. The molecule has 0 fully saturated rings. The Labute approximate surface area is 115 Å². The van der Waals surface area contributed by atoms with Crippen molar-refractivity contribution >= 4 is 16.9 Å². The lowest BCUT2D eigenvalue weighted by atomic mass is 10.0. The number of carboxylic acids is 1. The van der Waals surface area contributed by atoms with Crippen LogP contribution in [-0.4, -0.2) is 16.2 Å². The van der Waals surface area contributed by atoms with Crippen molar-refractivity contribution in [3.8, 4) is 5.75 Å². The van der Waals surface area contributed by atoms with E-state index in [0.717, 1.165) is 6.42 Å². The van der Waals surface area contributed by atoms with Crippen LogP contribution in [0.4, 0.5) is 0 Å². The smallest absolute Gasteiger partial charge is 0.372 e. The predicted molar refractivity (Wildman–Crippen MR) is 74.5 cm³/mol. The molecule has 0 aliphatic carbocycles. The van der Waals surface area contributed by atoms with Crippen LogP contribution in [0.1, 0.15) is 41.9 Å². The number of rotatable bonds is 4. The average molecular weight is 276 g/mol. The van der Waals surface area contributed by atoms with Crippen LogP contribution in [0.5, 0.6) is 5.75 Å². The molecular formula is C15H16O5. The van der Waals surface area contributed by atoms with Gasteiger partial charge in [0.05, 0.1) is 10.9 Å². The van der Waals surface area contributed by atoms with Crippen molar-refractivity contribution in [2.45, 2.75) is 33.1 Å². The van der Waals surface area contributed by atoms with Gasteiger partial charge >= 0.3 is 5.97 Å². The zero-order valence-corrected chi connectivity index (χ0v) is 11.4. The predicted octanol–water partition coefficient (Wildman–Crippen LogP) is 2.71. The van der Waals surface area contributed by atoms with E-state index < -0.39 is 5.97 Å². The lowest BCUT2D eigenvalue weighted by molar-refractivity contribution is 0.0661. The van der Waals surface area contributed by atoms with Gasteiger partial charge in [-0.3, -0.25) is 4.79 Å². The van der Waals surface area contributed by atoms with Gasteiger partial charge in [-0.2, -0.15) is 0 Å². The average Bonchev–Trinajstić information content (AvgIpc) is 2.41. The Balaban J connectivity index is 2.93. The molecule has 0 bridgehead atoms. The first-order valence-electron chi connectivity index (χ1n) is 6.55. The number of fused-ring (bicyclic) bond motifs is 1. The number of carbonyl (C=O) groups is 1. The van der Waals surface area contributed by atoms with E-state index in [1.807, 2.05) is 6.92 Å². The number of phenolic OH excluding ortho intramolecular Hbond substituents is 1. The molecule has 2 rings (SSSR count). The molecule has 0 radical (unpaired) electrons. The highest BCUT2D eigenvalue weighted by Gasteiger charge is 2.21. The highest BCUT2D eigenvalue weighted by atomic mass is 16.4. The minimum atomic E-state index is -1.27. The third-order valence-corrected chi connectivity index (χ3v) is 3.28. The Bertz CT molecular complexity index is 727. The molecular weight excluding hydrogens is 260 g/mol. The number of aromatic hydroxyl groups is 1. The zero-order valence-electron chi connectivity index (χ0n) is 11.4. The van der Waals surface area contributed by atoms with Crippen LogP contribution in [-0.2, 0) is 12.8 Å². The number of carboxylic acid groups (broad SMARTS) is 1. The fraction of sp³-hybridized carbons (Fsp3) is 0.333. The van der Waals surface area contributed by atoms with Crippen molar-refractivity contribution in [2.75, 3.05) is 0 Å². The molecule has 1 aromatic carbocycles. The van der Waals surface area contributed by atoms with Crippen LogP contribution in [0.2, 0.25) is 0 Å². The van der Waals surface area contributed by atoms with Crippen LogP contribution >= 0.6 is 0 Å². The SMILES string of the molecule is CCCc1c(O)ccc2c(=O)c(CC)c(C(=O)O)oc12. The van der Waals surface area contributed by atoms with Gasteiger partial charge < -0.3 is 14.6 Å². The first-order chi connectivity index (χ1) is 9.51. The molecule has 1 heterocycles. The van der Waals surface area contributed by atoms with Gasteiger partial charge in [0.25, 0.3) is 0 Å². The van der Waals surface area contributed by atoms with Crippen molar-refractivity contribution in [3.63, 3.8) is 0 Å². The quantitative estimate of drug-likeness (QED) is 0.896. The fourth-order valence-corrected chi connectivity index (χ4v) is 2.33. The Hall–Kier alpha value is -2.30. The minimum Gasteiger partial charge on any atom is -0.508 e. The summed E-state index contributed by atoms with van der Waals surface area (Å²) >= 11 is 0. The highest BCUT2D eigenvalue weighted by molar-refractivity contribution is 5.91. The summed E-state index contributed by atoms with van der Waals surface area (Å²) in [4.78, 5) is 23.6. The standard InChI is InChI=1S/C15H16O5/c1-3-5-9-11(16)7-6-10-12(17)8(4-2)14(15(18)19)20-13(9)10/h6-7,16H,3-5H2,1-2H3,(H,18,19). The monoisotopic (exact) mass is 276 g/mol. The summed E-state index contributed by atoms with van der Waals surface area (Å²) in [6.45, 7) is 3.63. The Morgan fingerprint density at radius 3 is 2.50 bits per heavy atom. The van der Waals surface area contributed by atoms with E-state index in [1.54, 1.807) is 6.92 Å². The van der Waals surface area contributed by atoms with Crippen LogP contribution in [0.3, 0.4) is 0 Å². The summed E-state index contributed by atoms with van der Waals surface area (Å²) in [6.07, 6.45) is 1.54. The number of hydrogen-bond acceptors (Lipinski definition) is 4. The summed E-state index contributed by atoms with van der Waals surface area (Å²) in [5.74, 6) is -1.59. The molecule has 0 aliphatic heterocycles. The second-order valence-electron chi connectivity index (χ2n) is 4.59. The molecule has 0 aliphatic rings. The maximum atomic E-state index is 12.3. The normalized spacial score (nSPS) is 10.9. The highest BCUT2D eigenvalue weighted by Crippen LogP contribution is 2.28. The molecule has 1 aromatic heterocycles. The second-order valence-corrected chi connectivity index (χ2v) is 4.59. The minimum absolute atomic E-state index is 0.0167. The third kappa shape index (κ3) is 2.15. The van der Waals surface area contributed by atoms with Crippen molar-refractivity contribution in [1.29, 1.82) is 0 Å². The lowest BCUT2D eigenvalue weighted by Gasteiger charge is -2.10. The summed E-state index contributed by atoms with van der Waals surface area (Å²) in [6, 6.07) is 2.92. The van der Waals surface area contributed by atoms with E-state index in [4.69, 9.17) is 4.42 Å². The van der Waals surface area contributed by atoms with E-state index in [1.165, 1.54) is 12.1 Å². The van der Waals surface area contributed by atoms with Gasteiger partial charge in [0.15, 0.2) is 5.43 Å². The van der Waals surface area contributed by atoms with E-state index in [0.29, 0.717) is 17.4 Å². The number of aryl methyl sites for hydroxylation is 1. The molecule has 5 heteroatoms. The molecule has 106 valence electrons. The molecule has 2 aromatic rings. The largest absolute Gasteiger partial charge is 0.508 e. The second kappa shape index (κ2) is 5.36. The van der Waals surface area contributed by atoms with Crippen LogP contribution in [0.15, 0.2) is 21.3 Å². The van der Waals surface area contributed by atoms with Crippen molar-refractivity contribution in [3.05, 3.63) is 39.2 Å². The van der Waals surface area contributed by atoms with E-state index in [9.17, 15) is 19.8 Å². The van der Waals surface area contributed by atoms with Crippen molar-refractivity contribution < 1.29 is 19.4 Å². The van der Waals surface area contributed by atoms with Crippen LogP contribution < -0.4 is 5.43 Å². The molecule has 5 nitrogen and oxygen atoms in total. The molecule has 0 spiro atoms. The van der Waals surface area contributed by atoms with Gasteiger partial charge in [-0.15, -0.1) is 0 Å². The van der Waals surface area contributed by atoms with Gasteiger partial charge in [-0.1, -0.05) is 20.3 Å². The fourth-order valence-electron chi connectivity index (χ4n) is 2.33. The van der Waals surface area contributed by atoms with Crippen LogP contribution in [0, 0.1) is 0 Å². The number of phenols is 1. The molecule has 0 unspecified atom stereocenters. The molecule has 0 atom stereocenters. The number of aromatic carboxylic acids is 1. The topological polar surface area (TPSA) is 87.7 Å². The van der Waals surface area contributed by atoms with E-state index >= 15 is 0 Å². The lowest BCUT2D eigenvalue weighted by Crippen LogP contribution is -2.15. The Kier molecular flexibility index (Phi) is 3.79. The van der Waals surface area contributed by atoms with E-state index in [2.05, 4.69) is 0 Å². The van der Waals surface area contributed by atoms with Gasteiger partial charge in [-0.25, -0.2) is 4.79 Å². The summed E-state index contributed by atoms with van der Waals surface area (Å²) in [5.41, 5.74) is 0.459. The van der Waals surface area contributed by atoms with Gasteiger partial charge in [-0.05, 0) is 25.0 Å². The molecule has 20 heavy (non-hydrogen) atoms. The third-order valence-electron chi connectivity index (χ3n) is 3.28. The maximum Gasteiger partial charge on any atom is 0.372 e. The van der Waals surface area contributed by atoms with E-state index in [-0.39, 0.29) is 34.5 Å². The number of hydrogen-bond donors (Lipinski definition) is 2.